The van der Waals surface area contributed by atoms with Gasteiger partial charge in [-0.3, -0.25) is 0 Å². The Hall–Kier alpha value is -3.19. The van der Waals surface area contributed by atoms with Crippen LogP contribution < -0.4 is 10.1 Å². The molecule has 1 aliphatic rings. The first-order valence-corrected chi connectivity index (χ1v) is 10.4. The first-order valence-electron chi connectivity index (χ1n) is 10.0. The maximum Gasteiger partial charge on any atom is 0.258 e. The van der Waals surface area contributed by atoms with Crippen molar-refractivity contribution in [1.29, 1.82) is 0 Å². The topological polar surface area (TPSA) is 63.4 Å². The first-order chi connectivity index (χ1) is 14.6. The molecule has 1 unspecified atom stereocenters. The Morgan fingerprint density at radius 2 is 1.83 bits per heavy atom. The van der Waals surface area contributed by atoms with E-state index in [4.69, 9.17) is 26.5 Å². The number of thiocarbonyl (C=S) groups is 1. The fourth-order valence-electron chi connectivity index (χ4n) is 3.65. The van der Waals surface area contributed by atoms with Crippen molar-refractivity contribution in [2.75, 3.05) is 13.2 Å². The van der Waals surface area contributed by atoms with Crippen LogP contribution in [0.2, 0.25) is 0 Å². The number of aromatic nitrogens is 2. The van der Waals surface area contributed by atoms with Gasteiger partial charge in [0.25, 0.3) is 5.89 Å². The van der Waals surface area contributed by atoms with E-state index in [0.29, 0.717) is 23.4 Å². The summed E-state index contributed by atoms with van der Waals surface area (Å²) in [6, 6.07) is 17.7. The van der Waals surface area contributed by atoms with Crippen molar-refractivity contribution in [3.05, 3.63) is 71.7 Å². The third-order valence-corrected chi connectivity index (χ3v) is 5.46. The number of rotatable bonds is 6. The normalized spacial score (nSPS) is 16.6. The van der Waals surface area contributed by atoms with Crippen LogP contribution >= 0.6 is 12.2 Å². The van der Waals surface area contributed by atoms with Gasteiger partial charge in [-0.05, 0) is 62.8 Å². The van der Waals surface area contributed by atoms with Crippen molar-refractivity contribution in [1.82, 2.24) is 20.4 Å². The summed E-state index contributed by atoms with van der Waals surface area (Å²) in [6.07, 6.45) is 0. The quantitative estimate of drug-likeness (QED) is 0.574. The predicted octanol–water partition coefficient (Wildman–Crippen LogP) is 4.82. The molecule has 1 aromatic heterocycles. The molecule has 0 amide bonds. The lowest BCUT2D eigenvalue weighted by atomic mass is 9.95. The Bertz CT molecular complexity index is 1060. The molecule has 2 heterocycles. The Balaban J connectivity index is 1.74. The van der Waals surface area contributed by atoms with Gasteiger partial charge in [0, 0.05) is 17.8 Å². The number of ether oxygens (including phenoxy) is 1. The lowest BCUT2D eigenvalue weighted by molar-refractivity contribution is 0.340. The SMILES string of the molecule is CCOc1ccc(-c2noc(C3=C(C)N(CC)C(=S)NC3c3ccccc3)n2)cc1. The summed E-state index contributed by atoms with van der Waals surface area (Å²) >= 11 is 5.60. The zero-order valence-electron chi connectivity index (χ0n) is 17.3. The largest absolute Gasteiger partial charge is 0.494 e. The summed E-state index contributed by atoms with van der Waals surface area (Å²) in [5.41, 5.74) is 3.90. The van der Waals surface area contributed by atoms with Crippen LogP contribution in [-0.2, 0) is 0 Å². The van der Waals surface area contributed by atoms with E-state index in [1.54, 1.807) is 0 Å². The second kappa shape index (κ2) is 8.67. The molecule has 0 radical (unpaired) electrons. The molecule has 154 valence electrons. The Labute approximate surface area is 181 Å². The summed E-state index contributed by atoms with van der Waals surface area (Å²) in [5.74, 6) is 1.84. The zero-order valence-corrected chi connectivity index (χ0v) is 18.1. The van der Waals surface area contributed by atoms with Crippen LogP contribution in [-0.4, -0.2) is 33.3 Å². The highest BCUT2D eigenvalue weighted by Gasteiger charge is 2.33. The Morgan fingerprint density at radius 3 is 2.50 bits per heavy atom. The molecular weight excluding hydrogens is 396 g/mol. The van der Waals surface area contributed by atoms with Crippen molar-refractivity contribution >= 4 is 22.9 Å². The average molecular weight is 421 g/mol. The van der Waals surface area contributed by atoms with Crippen molar-refractivity contribution in [2.24, 2.45) is 0 Å². The monoisotopic (exact) mass is 420 g/mol. The van der Waals surface area contributed by atoms with Gasteiger partial charge in [0.05, 0.1) is 18.2 Å². The maximum absolute atomic E-state index is 5.73. The average Bonchev–Trinajstić information content (AvgIpc) is 3.25. The number of allylic oxidation sites excluding steroid dienone is 1. The molecule has 0 bridgehead atoms. The van der Waals surface area contributed by atoms with Crippen LogP contribution in [0.1, 0.15) is 38.3 Å². The van der Waals surface area contributed by atoms with Gasteiger partial charge in [0.15, 0.2) is 5.11 Å². The standard InChI is InChI=1S/C23H24N4O2S/c1-4-27-15(3)19(20(24-23(27)30)16-9-7-6-8-10-16)22-25-21(26-29-22)17-11-13-18(14-12-17)28-5-2/h6-14,20H,4-5H2,1-3H3,(H,24,30). The summed E-state index contributed by atoms with van der Waals surface area (Å²) in [6.45, 7) is 7.45. The molecule has 1 N–H and O–H groups in total. The molecule has 4 rings (SSSR count). The highest BCUT2D eigenvalue weighted by atomic mass is 32.1. The molecule has 0 spiro atoms. The van der Waals surface area contributed by atoms with Gasteiger partial charge in [-0.2, -0.15) is 4.98 Å². The van der Waals surface area contributed by atoms with Crippen LogP contribution in [0.3, 0.4) is 0 Å². The molecule has 3 aromatic rings. The second-order valence-corrected chi connectivity index (χ2v) is 7.30. The second-order valence-electron chi connectivity index (χ2n) is 6.92. The lowest BCUT2D eigenvalue weighted by Crippen LogP contribution is -2.45. The van der Waals surface area contributed by atoms with Crippen LogP contribution in [0.25, 0.3) is 17.0 Å². The smallest absolute Gasteiger partial charge is 0.258 e. The molecule has 6 nitrogen and oxygen atoms in total. The van der Waals surface area contributed by atoms with E-state index < -0.39 is 0 Å². The summed E-state index contributed by atoms with van der Waals surface area (Å²) in [7, 11) is 0. The van der Waals surface area contributed by atoms with E-state index in [9.17, 15) is 0 Å². The third kappa shape index (κ3) is 3.80. The minimum absolute atomic E-state index is 0.157. The van der Waals surface area contributed by atoms with E-state index in [-0.39, 0.29) is 6.04 Å². The molecule has 1 aliphatic heterocycles. The summed E-state index contributed by atoms with van der Waals surface area (Å²) in [4.78, 5) is 6.76. The van der Waals surface area contributed by atoms with Gasteiger partial charge in [-0.25, -0.2) is 0 Å². The van der Waals surface area contributed by atoms with Crippen LogP contribution in [0.15, 0.2) is 64.8 Å². The van der Waals surface area contributed by atoms with Gasteiger partial charge in [-0.1, -0.05) is 35.5 Å². The van der Waals surface area contributed by atoms with Crippen LogP contribution in [0, 0.1) is 0 Å². The van der Waals surface area contributed by atoms with Crippen molar-refractivity contribution in [2.45, 2.75) is 26.8 Å². The minimum atomic E-state index is -0.157. The summed E-state index contributed by atoms with van der Waals surface area (Å²) < 4.78 is 11.2. The number of hydrogen-bond acceptors (Lipinski definition) is 5. The predicted molar refractivity (Wildman–Crippen MR) is 121 cm³/mol. The molecule has 0 saturated carbocycles. The van der Waals surface area contributed by atoms with E-state index in [2.05, 4.69) is 29.5 Å². The molecular formula is C23H24N4O2S. The molecule has 2 aromatic carbocycles. The highest BCUT2D eigenvalue weighted by molar-refractivity contribution is 7.80. The maximum atomic E-state index is 5.73. The van der Waals surface area contributed by atoms with E-state index in [1.807, 2.05) is 61.2 Å². The zero-order chi connectivity index (χ0) is 21.1. The first kappa shape index (κ1) is 20.1. The number of nitrogens with zero attached hydrogens (tertiary/aromatic N) is 3. The highest BCUT2D eigenvalue weighted by Crippen LogP contribution is 2.37. The molecule has 1 atom stereocenters. The molecule has 0 saturated heterocycles. The number of hydrogen-bond donors (Lipinski definition) is 1. The summed E-state index contributed by atoms with van der Waals surface area (Å²) in [5, 5.41) is 8.36. The van der Waals surface area contributed by atoms with Gasteiger partial charge in [0.1, 0.15) is 5.75 Å². The number of benzene rings is 2. The van der Waals surface area contributed by atoms with Gasteiger partial charge in [0.2, 0.25) is 5.82 Å². The van der Waals surface area contributed by atoms with E-state index in [0.717, 1.165) is 34.7 Å². The molecule has 30 heavy (non-hydrogen) atoms. The Morgan fingerprint density at radius 1 is 1.10 bits per heavy atom. The molecule has 7 heteroatoms. The fourth-order valence-corrected chi connectivity index (χ4v) is 4.04. The minimum Gasteiger partial charge on any atom is -0.494 e. The lowest BCUT2D eigenvalue weighted by Gasteiger charge is -2.36. The van der Waals surface area contributed by atoms with E-state index in [1.165, 1.54) is 0 Å². The molecule has 0 aliphatic carbocycles. The van der Waals surface area contributed by atoms with Gasteiger partial charge in [-0.15, -0.1) is 0 Å². The van der Waals surface area contributed by atoms with Crippen molar-refractivity contribution < 1.29 is 9.26 Å². The third-order valence-electron chi connectivity index (χ3n) is 5.13. The molecule has 0 fully saturated rings. The van der Waals surface area contributed by atoms with Crippen LogP contribution in [0.5, 0.6) is 5.75 Å². The fraction of sp³-hybridized carbons (Fsp3) is 0.261. The van der Waals surface area contributed by atoms with Crippen molar-refractivity contribution in [3.63, 3.8) is 0 Å². The van der Waals surface area contributed by atoms with Crippen molar-refractivity contribution in [3.8, 4) is 17.1 Å². The van der Waals surface area contributed by atoms with E-state index >= 15 is 0 Å². The number of nitrogens with one attached hydrogen (secondary N) is 1. The Kier molecular flexibility index (Phi) is 5.81. The van der Waals surface area contributed by atoms with Gasteiger partial charge >= 0.3 is 0 Å². The van der Waals surface area contributed by atoms with Crippen LogP contribution in [0.4, 0.5) is 0 Å². The van der Waals surface area contributed by atoms with Gasteiger partial charge < -0.3 is 19.5 Å².